The summed E-state index contributed by atoms with van der Waals surface area (Å²) in [5.74, 6) is 1.17. The molecule has 0 saturated heterocycles. The molecule has 0 fully saturated rings. The number of fused-ring (bicyclic) bond motifs is 1. The number of carbonyl (C=O) groups is 1. The zero-order valence-corrected chi connectivity index (χ0v) is 14.8. The number of phenols is 1. The summed E-state index contributed by atoms with van der Waals surface area (Å²) in [5, 5.41) is 18.2. The van der Waals surface area contributed by atoms with Crippen LogP contribution in [0.25, 0.3) is 11.2 Å². The molecule has 0 unspecified atom stereocenters. The van der Waals surface area contributed by atoms with Gasteiger partial charge in [-0.25, -0.2) is 19.7 Å². The van der Waals surface area contributed by atoms with Gasteiger partial charge in [-0.2, -0.15) is 0 Å². The highest BCUT2D eigenvalue weighted by atomic mass is 16.3. The Bertz CT molecular complexity index is 973. The number of aryl methyl sites for hydroxylation is 2. The Morgan fingerprint density at radius 1 is 1.12 bits per heavy atom. The Balaban J connectivity index is 1.88. The van der Waals surface area contributed by atoms with Gasteiger partial charge in [-0.15, -0.1) is 0 Å². The topological polar surface area (TPSA) is 112 Å². The Labute approximate surface area is 150 Å². The molecule has 3 aromatic rings. The number of amides is 2. The van der Waals surface area contributed by atoms with Gasteiger partial charge in [0.15, 0.2) is 11.5 Å². The molecule has 0 aliphatic rings. The second-order valence-corrected chi connectivity index (χ2v) is 5.86. The van der Waals surface area contributed by atoms with Crippen LogP contribution in [0.4, 0.5) is 22.1 Å². The molecule has 2 aromatic heterocycles. The first kappa shape index (κ1) is 17.4. The molecule has 0 atom stereocenters. The van der Waals surface area contributed by atoms with Crippen molar-refractivity contribution >= 4 is 34.5 Å². The molecule has 0 saturated carbocycles. The van der Waals surface area contributed by atoms with Crippen molar-refractivity contribution in [2.45, 2.75) is 20.8 Å². The zero-order chi connectivity index (χ0) is 18.7. The van der Waals surface area contributed by atoms with Gasteiger partial charge < -0.3 is 15.7 Å². The minimum absolute atomic E-state index is 0.250. The molecule has 8 nitrogen and oxygen atoms in total. The number of aromatic hydroxyl groups is 1. The minimum atomic E-state index is -0.322. The molecule has 0 spiro atoms. The van der Waals surface area contributed by atoms with E-state index in [0.29, 0.717) is 29.3 Å². The number of aromatic nitrogens is 3. The molecule has 3 rings (SSSR count). The summed E-state index contributed by atoms with van der Waals surface area (Å²) in [6.07, 6.45) is 1.61. The van der Waals surface area contributed by atoms with Crippen LogP contribution >= 0.6 is 0 Å². The fourth-order valence-electron chi connectivity index (χ4n) is 2.42. The van der Waals surface area contributed by atoms with E-state index in [1.807, 2.05) is 26.8 Å². The van der Waals surface area contributed by atoms with E-state index < -0.39 is 0 Å². The van der Waals surface area contributed by atoms with Crippen LogP contribution in [0.5, 0.6) is 5.75 Å². The quantitative estimate of drug-likeness (QED) is 0.536. The van der Waals surface area contributed by atoms with Gasteiger partial charge in [0.25, 0.3) is 0 Å². The van der Waals surface area contributed by atoms with Gasteiger partial charge in [-0.3, -0.25) is 5.32 Å². The van der Waals surface area contributed by atoms with Gasteiger partial charge in [0.05, 0.1) is 6.20 Å². The van der Waals surface area contributed by atoms with E-state index in [0.717, 1.165) is 16.8 Å². The summed E-state index contributed by atoms with van der Waals surface area (Å²) in [4.78, 5) is 24.7. The average Bonchev–Trinajstić information content (AvgIpc) is 2.59. The third-order valence-electron chi connectivity index (χ3n) is 3.79. The summed E-state index contributed by atoms with van der Waals surface area (Å²) in [5.41, 5.74) is 3.51. The Morgan fingerprint density at radius 2 is 1.88 bits per heavy atom. The minimum Gasteiger partial charge on any atom is -0.508 e. The van der Waals surface area contributed by atoms with Crippen molar-refractivity contribution in [1.82, 2.24) is 20.3 Å². The molecule has 0 aliphatic carbocycles. The van der Waals surface area contributed by atoms with Crippen molar-refractivity contribution in [2.24, 2.45) is 0 Å². The van der Waals surface area contributed by atoms with Crippen LogP contribution in [0.15, 0.2) is 30.5 Å². The number of rotatable bonds is 4. The lowest BCUT2D eigenvalue weighted by Crippen LogP contribution is -2.28. The van der Waals surface area contributed by atoms with Crippen LogP contribution in [0.3, 0.4) is 0 Å². The van der Waals surface area contributed by atoms with Gasteiger partial charge >= 0.3 is 6.03 Å². The van der Waals surface area contributed by atoms with E-state index in [-0.39, 0.29) is 11.8 Å². The molecular weight excluding hydrogens is 332 g/mol. The third kappa shape index (κ3) is 3.80. The van der Waals surface area contributed by atoms with E-state index in [1.165, 1.54) is 0 Å². The normalized spacial score (nSPS) is 10.6. The van der Waals surface area contributed by atoms with E-state index in [9.17, 15) is 9.90 Å². The maximum atomic E-state index is 11.6. The SMILES string of the molecule is CCNC(=O)Nc1ccc2ncc(Nc3cc(C)c(O)cc3C)nc2n1. The van der Waals surface area contributed by atoms with Gasteiger partial charge in [-0.1, -0.05) is 0 Å². The number of hydrogen-bond donors (Lipinski definition) is 4. The fourth-order valence-corrected chi connectivity index (χ4v) is 2.42. The van der Waals surface area contributed by atoms with Crippen molar-refractivity contribution in [3.63, 3.8) is 0 Å². The average molecular weight is 352 g/mol. The third-order valence-corrected chi connectivity index (χ3v) is 3.79. The predicted octanol–water partition coefficient (Wildman–Crippen LogP) is 3.23. The van der Waals surface area contributed by atoms with Crippen LogP contribution in [-0.4, -0.2) is 32.6 Å². The molecule has 0 aliphatic heterocycles. The smallest absolute Gasteiger partial charge is 0.320 e. The molecule has 2 amide bonds. The second-order valence-electron chi connectivity index (χ2n) is 5.86. The molecule has 8 heteroatoms. The molecule has 2 heterocycles. The standard InChI is InChI=1S/C18H20N6O2/c1-4-19-18(26)24-15-6-5-12-17(22-15)23-16(9-20-12)21-13-7-11(3)14(25)8-10(13)2/h5-9,25H,4H2,1-3H3,(H3,19,21,22,23,24,26). The Morgan fingerprint density at radius 3 is 2.65 bits per heavy atom. The van der Waals surface area contributed by atoms with E-state index in [1.54, 1.807) is 24.4 Å². The number of phenolic OH excluding ortho intramolecular Hbond substituents is 1. The second kappa shape index (κ2) is 7.22. The number of nitrogens with zero attached hydrogens (tertiary/aromatic N) is 3. The van der Waals surface area contributed by atoms with Crippen molar-refractivity contribution in [3.8, 4) is 5.75 Å². The first-order chi connectivity index (χ1) is 12.5. The first-order valence-corrected chi connectivity index (χ1v) is 8.22. The van der Waals surface area contributed by atoms with Crippen molar-refractivity contribution in [1.29, 1.82) is 0 Å². The number of carbonyl (C=O) groups excluding carboxylic acids is 1. The highest BCUT2D eigenvalue weighted by Crippen LogP contribution is 2.27. The Hall–Kier alpha value is -3.42. The number of benzene rings is 1. The van der Waals surface area contributed by atoms with Crippen LogP contribution in [0.1, 0.15) is 18.1 Å². The van der Waals surface area contributed by atoms with Crippen LogP contribution in [-0.2, 0) is 0 Å². The van der Waals surface area contributed by atoms with E-state index in [2.05, 4.69) is 30.9 Å². The summed E-state index contributed by atoms with van der Waals surface area (Å²) in [6, 6.07) is 6.64. The fraction of sp³-hybridized carbons (Fsp3) is 0.222. The number of urea groups is 1. The van der Waals surface area contributed by atoms with Gasteiger partial charge in [0.1, 0.15) is 17.1 Å². The molecule has 1 aromatic carbocycles. The van der Waals surface area contributed by atoms with Gasteiger partial charge in [0, 0.05) is 12.2 Å². The lowest BCUT2D eigenvalue weighted by Gasteiger charge is -2.11. The molecule has 134 valence electrons. The van der Waals surface area contributed by atoms with Crippen molar-refractivity contribution in [3.05, 3.63) is 41.6 Å². The van der Waals surface area contributed by atoms with Gasteiger partial charge in [0.2, 0.25) is 0 Å². The summed E-state index contributed by atoms with van der Waals surface area (Å²) in [6.45, 7) is 6.08. The largest absolute Gasteiger partial charge is 0.508 e. The number of hydrogen-bond acceptors (Lipinski definition) is 6. The van der Waals surface area contributed by atoms with E-state index >= 15 is 0 Å². The zero-order valence-electron chi connectivity index (χ0n) is 14.8. The molecule has 26 heavy (non-hydrogen) atoms. The summed E-state index contributed by atoms with van der Waals surface area (Å²) >= 11 is 0. The summed E-state index contributed by atoms with van der Waals surface area (Å²) in [7, 11) is 0. The number of anilines is 3. The maximum Gasteiger partial charge on any atom is 0.320 e. The predicted molar refractivity (Wildman–Crippen MR) is 101 cm³/mol. The molecule has 4 N–H and O–H groups in total. The molecule has 0 radical (unpaired) electrons. The van der Waals surface area contributed by atoms with Crippen LogP contribution in [0.2, 0.25) is 0 Å². The van der Waals surface area contributed by atoms with E-state index in [4.69, 9.17) is 0 Å². The number of nitrogens with one attached hydrogen (secondary N) is 3. The van der Waals surface area contributed by atoms with Crippen LogP contribution < -0.4 is 16.0 Å². The van der Waals surface area contributed by atoms with Crippen molar-refractivity contribution in [2.75, 3.05) is 17.2 Å². The van der Waals surface area contributed by atoms with Crippen molar-refractivity contribution < 1.29 is 9.90 Å². The summed E-state index contributed by atoms with van der Waals surface area (Å²) < 4.78 is 0. The molecular formula is C18H20N6O2. The number of pyridine rings is 1. The Kier molecular flexibility index (Phi) is 4.83. The highest BCUT2D eigenvalue weighted by Gasteiger charge is 2.08. The monoisotopic (exact) mass is 352 g/mol. The first-order valence-electron chi connectivity index (χ1n) is 8.22. The highest BCUT2D eigenvalue weighted by molar-refractivity contribution is 5.89. The maximum absolute atomic E-state index is 11.6. The van der Waals surface area contributed by atoms with Gasteiger partial charge in [-0.05, 0) is 56.2 Å². The molecule has 0 bridgehead atoms. The lowest BCUT2D eigenvalue weighted by molar-refractivity contribution is 0.252. The van der Waals surface area contributed by atoms with Crippen LogP contribution in [0, 0.1) is 13.8 Å². The lowest BCUT2D eigenvalue weighted by atomic mass is 10.1.